The zero-order valence-electron chi connectivity index (χ0n) is 14.3. The van der Waals surface area contributed by atoms with Crippen LogP contribution in [0.3, 0.4) is 0 Å². The van der Waals surface area contributed by atoms with Crippen molar-refractivity contribution in [3.8, 4) is 0 Å². The van der Waals surface area contributed by atoms with Crippen molar-refractivity contribution >= 4 is 6.09 Å². The number of likely N-dealkylation sites (tertiary alicyclic amines) is 1. The van der Waals surface area contributed by atoms with Crippen LogP contribution in [0.2, 0.25) is 0 Å². The lowest BCUT2D eigenvalue weighted by Gasteiger charge is -2.29. The number of likely N-dealkylation sites (N-methyl/N-ethyl adjacent to an activating group) is 1. The molecule has 132 valence electrons. The van der Waals surface area contributed by atoms with E-state index in [-0.39, 0.29) is 24.8 Å². The van der Waals surface area contributed by atoms with Gasteiger partial charge in [-0.15, -0.1) is 0 Å². The van der Waals surface area contributed by atoms with E-state index in [9.17, 15) is 9.90 Å². The Balaban J connectivity index is 1.38. The van der Waals surface area contributed by atoms with Crippen LogP contribution in [0.15, 0.2) is 54.3 Å². The lowest BCUT2D eigenvalue weighted by molar-refractivity contribution is 0.128. The Labute approximate surface area is 148 Å². The lowest BCUT2D eigenvalue weighted by Crippen LogP contribution is -2.48. The highest BCUT2D eigenvalue weighted by atomic mass is 16.5. The van der Waals surface area contributed by atoms with Gasteiger partial charge in [0.25, 0.3) is 0 Å². The molecule has 1 aliphatic heterocycles. The topological polar surface area (TPSA) is 61.8 Å². The van der Waals surface area contributed by atoms with Gasteiger partial charge in [-0.25, -0.2) is 4.79 Å². The average molecular weight is 340 g/mol. The van der Waals surface area contributed by atoms with Gasteiger partial charge in [0, 0.05) is 24.0 Å². The first-order valence-corrected chi connectivity index (χ1v) is 8.91. The van der Waals surface area contributed by atoms with Crippen LogP contribution in [0, 0.1) is 11.8 Å². The van der Waals surface area contributed by atoms with Gasteiger partial charge in [-0.1, -0.05) is 36.4 Å². The summed E-state index contributed by atoms with van der Waals surface area (Å²) in [7, 11) is 2.11. The van der Waals surface area contributed by atoms with Gasteiger partial charge in [0.05, 0.1) is 0 Å². The number of nitrogens with one attached hydrogen (secondary N) is 1. The first-order chi connectivity index (χ1) is 12.1. The maximum absolute atomic E-state index is 12.2. The summed E-state index contributed by atoms with van der Waals surface area (Å²) in [6.07, 6.45) is 7.46. The van der Waals surface area contributed by atoms with E-state index >= 15 is 0 Å². The number of hydrogen-bond acceptors (Lipinski definition) is 4. The molecule has 3 aliphatic rings. The minimum absolute atomic E-state index is 0.0906. The number of benzene rings is 1. The van der Waals surface area contributed by atoms with Gasteiger partial charge in [-0.3, -0.25) is 4.90 Å². The molecule has 1 aromatic carbocycles. The number of allylic oxidation sites excluding steroid dienone is 1. The predicted molar refractivity (Wildman–Crippen MR) is 95.0 cm³/mol. The Hall–Kier alpha value is -2.27. The Kier molecular flexibility index (Phi) is 4.25. The van der Waals surface area contributed by atoms with Gasteiger partial charge in [-0.05, 0) is 43.5 Å². The Morgan fingerprint density at radius 2 is 2.12 bits per heavy atom. The third kappa shape index (κ3) is 3.04. The van der Waals surface area contributed by atoms with Crippen molar-refractivity contribution in [3.63, 3.8) is 0 Å². The van der Waals surface area contributed by atoms with Crippen LogP contribution in [-0.4, -0.2) is 41.3 Å². The zero-order chi connectivity index (χ0) is 17.4. The van der Waals surface area contributed by atoms with Crippen molar-refractivity contribution in [1.29, 1.82) is 0 Å². The molecule has 5 unspecified atom stereocenters. The summed E-state index contributed by atoms with van der Waals surface area (Å²) in [5, 5.41) is 12.9. The summed E-state index contributed by atoms with van der Waals surface area (Å²) in [5.74, 6) is 1.14. The fourth-order valence-corrected chi connectivity index (χ4v) is 4.75. The van der Waals surface area contributed by atoms with E-state index in [1.165, 1.54) is 0 Å². The number of amides is 1. The molecule has 1 aromatic rings. The number of rotatable bonds is 3. The number of aliphatic hydroxyl groups excluding tert-OH is 1. The highest BCUT2D eigenvalue weighted by molar-refractivity contribution is 5.67. The molecular formula is C20H24N2O3. The van der Waals surface area contributed by atoms with Crippen LogP contribution in [0.25, 0.3) is 0 Å². The van der Waals surface area contributed by atoms with E-state index in [1.54, 1.807) is 6.08 Å². The van der Waals surface area contributed by atoms with Crippen LogP contribution < -0.4 is 5.32 Å². The molecular weight excluding hydrogens is 316 g/mol. The number of alkyl carbamates (subject to hydrolysis) is 1. The smallest absolute Gasteiger partial charge is 0.407 e. The van der Waals surface area contributed by atoms with Crippen molar-refractivity contribution in [2.75, 3.05) is 7.05 Å². The molecule has 4 rings (SSSR count). The van der Waals surface area contributed by atoms with Gasteiger partial charge in [0.2, 0.25) is 0 Å². The number of carbonyl (C=O) groups is 1. The molecule has 1 saturated carbocycles. The van der Waals surface area contributed by atoms with Crippen LogP contribution in [0.5, 0.6) is 0 Å². The third-order valence-corrected chi connectivity index (χ3v) is 5.83. The predicted octanol–water partition coefficient (Wildman–Crippen LogP) is 3.00. The van der Waals surface area contributed by atoms with E-state index in [1.807, 2.05) is 36.4 Å². The largest absolute Gasteiger partial charge is 0.508 e. The minimum Gasteiger partial charge on any atom is -0.508 e. The van der Waals surface area contributed by atoms with Crippen LogP contribution in [0.1, 0.15) is 18.4 Å². The normalized spacial score (nSPS) is 33.5. The van der Waals surface area contributed by atoms with Crippen molar-refractivity contribution in [1.82, 2.24) is 10.2 Å². The average Bonchev–Trinajstić information content (AvgIpc) is 3.14. The second-order valence-corrected chi connectivity index (χ2v) is 7.23. The zero-order valence-corrected chi connectivity index (χ0v) is 14.3. The molecule has 1 saturated heterocycles. The summed E-state index contributed by atoms with van der Waals surface area (Å²) in [5.41, 5.74) is 0.983. The standard InChI is InChI=1S/C20H24N2O3/c1-22-18-10-7-14(23)11-16(18)15-8-9-17(19(15)22)21-20(24)25-12-13-5-3-2-4-6-13/h2-7,10-11,15-19,23H,8-9,12H2,1H3,(H,21,24). The molecule has 5 heteroatoms. The summed E-state index contributed by atoms with van der Waals surface area (Å²) in [4.78, 5) is 14.6. The Morgan fingerprint density at radius 3 is 2.92 bits per heavy atom. The van der Waals surface area contributed by atoms with Gasteiger partial charge >= 0.3 is 6.09 Å². The van der Waals surface area contributed by atoms with Crippen molar-refractivity contribution in [2.24, 2.45) is 11.8 Å². The molecule has 5 nitrogen and oxygen atoms in total. The summed E-state index contributed by atoms with van der Waals surface area (Å²) in [6, 6.07) is 10.4. The number of carbonyl (C=O) groups excluding carboxylic acids is 1. The second kappa shape index (κ2) is 6.56. The molecule has 0 radical (unpaired) electrons. The van der Waals surface area contributed by atoms with Gasteiger partial charge < -0.3 is 15.2 Å². The summed E-state index contributed by atoms with van der Waals surface area (Å²) >= 11 is 0. The molecule has 1 heterocycles. The second-order valence-electron chi connectivity index (χ2n) is 7.23. The Bertz CT molecular complexity index is 700. The van der Waals surface area contributed by atoms with E-state index in [2.05, 4.69) is 23.3 Å². The van der Waals surface area contributed by atoms with Crippen LogP contribution in [0.4, 0.5) is 4.79 Å². The molecule has 2 N–H and O–H groups in total. The quantitative estimate of drug-likeness (QED) is 0.888. The summed E-state index contributed by atoms with van der Waals surface area (Å²) in [6.45, 7) is 0.286. The molecule has 2 fully saturated rings. The number of aliphatic hydroxyl groups is 1. The summed E-state index contributed by atoms with van der Waals surface area (Å²) < 4.78 is 5.37. The molecule has 0 spiro atoms. The SMILES string of the molecule is CN1C2C=CC(O)=CC2C2CCC(NC(=O)OCc3ccccc3)C21. The fraction of sp³-hybridized carbons (Fsp3) is 0.450. The third-order valence-electron chi connectivity index (χ3n) is 5.83. The molecule has 5 atom stereocenters. The molecule has 25 heavy (non-hydrogen) atoms. The van der Waals surface area contributed by atoms with Gasteiger partial charge in [0.15, 0.2) is 0 Å². The van der Waals surface area contributed by atoms with E-state index in [0.717, 1.165) is 18.4 Å². The van der Waals surface area contributed by atoms with Crippen LogP contribution in [-0.2, 0) is 11.3 Å². The van der Waals surface area contributed by atoms with Crippen molar-refractivity contribution in [2.45, 2.75) is 37.6 Å². The maximum atomic E-state index is 12.2. The monoisotopic (exact) mass is 340 g/mol. The number of nitrogens with zero attached hydrogens (tertiary/aromatic N) is 1. The van der Waals surface area contributed by atoms with Gasteiger partial charge in [0.1, 0.15) is 12.4 Å². The lowest BCUT2D eigenvalue weighted by atomic mass is 9.85. The van der Waals surface area contributed by atoms with E-state index in [4.69, 9.17) is 4.74 Å². The fourth-order valence-electron chi connectivity index (χ4n) is 4.75. The highest BCUT2D eigenvalue weighted by Gasteiger charge is 2.52. The minimum atomic E-state index is -0.355. The first kappa shape index (κ1) is 16.2. The first-order valence-electron chi connectivity index (χ1n) is 8.91. The number of hydrogen-bond donors (Lipinski definition) is 2. The van der Waals surface area contributed by atoms with Gasteiger partial charge in [-0.2, -0.15) is 0 Å². The van der Waals surface area contributed by atoms with Crippen LogP contribution >= 0.6 is 0 Å². The van der Waals surface area contributed by atoms with Crippen molar-refractivity contribution < 1.29 is 14.6 Å². The number of fused-ring (bicyclic) bond motifs is 3. The van der Waals surface area contributed by atoms with E-state index in [0.29, 0.717) is 23.6 Å². The van der Waals surface area contributed by atoms with Crippen molar-refractivity contribution in [3.05, 3.63) is 59.9 Å². The maximum Gasteiger partial charge on any atom is 0.407 e. The Morgan fingerprint density at radius 1 is 1.32 bits per heavy atom. The molecule has 0 bridgehead atoms. The molecule has 2 aliphatic carbocycles. The molecule has 0 aromatic heterocycles. The van der Waals surface area contributed by atoms with E-state index < -0.39 is 0 Å². The highest BCUT2D eigenvalue weighted by Crippen LogP contribution is 2.46. The molecule has 1 amide bonds. The number of ether oxygens (including phenoxy) is 1.